The largest absolute Gasteiger partial charge is 0.496 e. The van der Waals surface area contributed by atoms with Crippen molar-refractivity contribution in [2.75, 3.05) is 20.3 Å². The summed E-state index contributed by atoms with van der Waals surface area (Å²) in [5, 5.41) is 3.04. The van der Waals surface area contributed by atoms with Gasteiger partial charge in [-0.2, -0.15) is 0 Å². The first-order valence-electron chi connectivity index (χ1n) is 7.55. The Morgan fingerprint density at radius 1 is 1.43 bits per heavy atom. The molecular formula is C17H25NO3. The van der Waals surface area contributed by atoms with Crippen LogP contribution >= 0.6 is 0 Å². The van der Waals surface area contributed by atoms with E-state index < -0.39 is 0 Å². The molecule has 0 spiro atoms. The van der Waals surface area contributed by atoms with Crippen LogP contribution in [-0.2, 0) is 16.0 Å². The Bertz CT molecular complexity index is 485. The van der Waals surface area contributed by atoms with Crippen molar-refractivity contribution in [3.8, 4) is 5.75 Å². The van der Waals surface area contributed by atoms with Crippen molar-refractivity contribution in [3.05, 3.63) is 29.8 Å². The second-order valence-electron chi connectivity index (χ2n) is 6.15. The summed E-state index contributed by atoms with van der Waals surface area (Å²) in [5.41, 5.74) is 0.927. The van der Waals surface area contributed by atoms with Crippen molar-refractivity contribution in [1.82, 2.24) is 5.32 Å². The molecule has 1 heterocycles. The number of amides is 1. The van der Waals surface area contributed by atoms with E-state index in [4.69, 9.17) is 9.47 Å². The van der Waals surface area contributed by atoms with E-state index in [-0.39, 0.29) is 17.4 Å². The number of carbonyl (C=O) groups is 1. The molecule has 1 fully saturated rings. The number of hydrogen-bond donors (Lipinski definition) is 1. The van der Waals surface area contributed by atoms with E-state index in [0.717, 1.165) is 30.6 Å². The highest BCUT2D eigenvalue weighted by molar-refractivity contribution is 5.78. The molecule has 1 atom stereocenters. The summed E-state index contributed by atoms with van der Waals surface area (Å²) in [7, 11) is 1.67. The Hall–Kier alpha value is -1.55. The molecule has 1 aliphatic rings. The molecule has 0 radical (unpaired) electrons. The van der Waals surface area contributed by atoms with Gasteiger partial charge in [-0.15, -0.1) is 0 Å². The average molecular weight is 291 g/mol. The van der Waals surface area contributed by atoms with Crippen LogP contribution in [0.3, 0.4) is 0 Å². The van der Waals surface area contributed by atoms with E-state index >= 15 is 0 Å². The summed E-state index contributed by atoms with van der Waals surface area (Å²) >= 11 is 0. The maximum absolute atomic E-state index is 12.2. The van der Waals surface area contributed by atoms with E-state index in [9.17, 15) is 4.79 Å². The van der Waals surface area contributed by atoms with Crippen LogP contribution < -0.4 is 10.1 Å². The summed E-state index contributed by atoms with van der Waals surface area (Å²) in [6.07, 6.45) is 2.37. The third kappa shape index (κ3) is 4.46. The molecule has 1 aromatic rings. The van der Waals surface area contributed by atoms with E-state index in [1.807, 2.05) is 38.1 Å². The number of hydrogen-bond acceptors (Lipinski definition) is 3. The number of methoxy groups -OCH3 is 1. The second-order valence-corrected chi connectivity index (χ2v) is 6.15. The van der Waals surface area contributed by atoms with Crippen LogP contribution in [0.2, 0.25) is 0 Å². The first-order chi connectivity index (χ1) is 10.0. The van der Waals surface area contributed by atoms with Gasteiger partial charge in [-0.3, -0.25) is 4.79 Å². The maximum atomic E-state index is 12.2. The topological polar surface area (TPSA) is 47.6 Å². The molecule has 1 N–H and O–H groups in total. The van der Waals surface area contributed by atoms with Crippen molar-refractivity contribution in [2.45, 2.75) is 38.7 Å². The van der Waals surface area contributed by atoms with Gasteiger partial charge in [-0.1, -0.05) is 18.2 Å². The molecule has 4 nitrogen and oxygen atoms in total. The standard InChI is InChI=1S/C17H25NO3/c1-17(2)12-14(9-11-21-17)16(19)18-10-8-13-6-4-5-7-15(13)20-3/h4-7,14H,8-12H2,1-3H3,(H,18,19). The summed E-state index contributed by atoms with van der Waals surface area (Å²) in [4.78, 5) is 12.2. The fourth-order valence-electron chi connectivity index (χ4n) is 2.83. The highest BCUT2D eigenvalue weighted by Gasteiger charge is 2.32. The van der Waals surface area contributed by atoms with Gasteiger partial charge in [0.25, 0.3) is 0 Å². The smallest absolute Gasteiger partial charge is 0.223 e. The molecular weight excluding hydrogens is 266 g/mol. The van der Waals surface area contributed by atoms with Crippen molar-refractivity contribution in [2.24, 2.45) is 5.92 Å². The molecule has 0 aromatic heterocycles. The zero-order chi connectivity index (χ0) is 15.3. The minimum atomic E-state index is -0.192. The zero-order valence-corrected chi connectivity index (χ0v) is 13.1. The lowest BCUT2D eigenvalue weighted by Crippen LogP contribution is -2.41. The Labute approximate surface area is 126 Å². The summed E-state index contributed by atoms with van der Waals surface area (Å²) in [6.45, 7) is 5.39. The Morgan fingerprint density at radius 3 is 2.90 bits per heavy atom. The third-order valence-corrected chi connectivity index (χ3v) is 3.95. The number of benzene rings is 1. The number of carbonyl (C=O) groups excluding carboxylic acids is 1. The Morgan fingerprint density at radius 2 is 2.19 bits per heavy atom. The summed E-state index contributed by atoms with van der Waals surface area (Å²) < 4.78 is 11.0. The molecule has 1 amide bonds. The zero-order valence-electron chi connectivity index (χ0n) is 13.1. The normalized spacial score (nSPS) is 20.8. The van der Waals surface area contributed by atoms with Crippen LogP contribution in [-0.4, -0.2) is 31.8 Å². The number of ether oxygens (including phenoxy) is 2. The average Bonchev–Trinajstić information content (AvgIpc) is 2.46. The molecule has 4 heteroatoms. The SMILES string of the molecule is COc1ccccc1CCNC(=O)C1CCOC(C)(C)C1. The fourth-order valence-corrected chi connectivity index (χ4v) is 2.83. The van der Waals surface area contributed by atoms with Crippen LogP contribution in [0, 0.1) is 5.92 Å². The molecule has 0 saturated carbocycles. The van der Waals surface area contributed by atoms with Gasteiger partial charge in [0.05, 0.1) is 12.7 Å². The van der Waals surface area contributed by atoms with Gasteiger partial charge in [0.2, 0.25) is 5.91 Å². The van der Waals surface area contributed by atoms with E-state index in [2.05, 4.69) is 5.32 Å². The lowest BCUT2D eigenvalue weighted by molar-refractivity contribution is -0.135. The van der Waals surface area contributed by atoms with Crippen LogP contribution in [0.15, 0.2) is 24.3 Å². The number of rotatable bonds is 5. The number of para-hydroxylation sites is 1. The van der Waals surface area contributed by atoms with E-state index in [1.165, 1.54) is 0 Å². The van der Waals surface area contributed by atoms with Gasteiger partial charge >= 0.3 is 0 Å². The molecule has 2 rings (SSSR count). The molecule has 1 saturated heterocycles. The maximum Gasteiger partial charge on any atom is 0.223 e. The minimum absolute atomic E-state index is 0.0615. The molecule has 1 aliphatic heterocycles. The van der Waals surface area contributed by atoms with Gasteiger partial charge in [-0.25, -0.2) is 0 Å². The predicted molar refractivity (Wildman–Crippen MR) is 82.5 cm³/mol. The third-order valence-electron chi connectivity index (χ3n) is 3.95. The lowest BCUT2D eigenvalue weighted by atomic mass is 9.88. The summed E-state index contributed by atoms with van der Waals surface area (Å²) in [6, 6.07) is 7.91. The van der Waals surface area contributed by atoms with Crippen LogP contribution in [0.25, 0.3) is 0 Å². The Balaban J connectivity index is 1.81. The van der Waals surface area contributed by atoms with Gasteiger partial charge in [0.15, 0.2) is 0 Å². The first-order valence-corrected chi connectivity index (χ1v) is 7.55. The van der Waals surface area contributed by atoms with Gasteiger partial charge < -0.3 is 14.8 Å². The van der Waals surface area contributed by atoms with Gasteiger partial charge in [0, 0.05) is 19.1 Å². The molecule has 0 aliphatic carbocycles. The Kier molecular flexibility index (Phi) is 5.23. The minimum Gasteiger partial charge on any atom is -0.496 e. The lowest BCUT2D eigenvalue weighted by Gasteiger charge is -2.34. The monoisotopic (exact) mass is 291 g/mol. The first kappa shape index (κ1) is 15.8. The second kappa shape index (κ2) is 6.94. The molecule has 0 bridgehead atoms. The van der Waals surface area contributed by atoms with E-state index in [0.29, 0.717) is 13.2 Å². The van der Waals surface area contributed by atoms with Gasteiger partial charge in [-0.05, 0) is 44.7 Å². The predicted octanol–water partition coefficient (Wildman–Crippen LogP) is 2.56. The van der Waals surface area contributed by atoms with Crippen LogP contribution in [0.5, 0.6) is 5.75 Å². The van der Waals surface area contributed by atoms with Crippen LogP contribution in [0.4, 0.5) is 0 Å². The van der Waals surface area contributed by atoms with Crippen molar-refractivity contribution < 1.29 is 14.3 Å². The highest BCUT2D eigenvalue weighted by atomic mass is 16.5. The number of nitrogens with one attached hydrogen (secondary N) is 1. The van der Waals surface area contributed by atoms with Gasteiger partial charge in [0.1, 0.15) is 5.75 Å². The quantitative estimate of drug-likeness (QED) is 0.907. The fraction of sp³-hybridized carbons (Fsp3) is 0.588. The molecule has 116 valence electrons. The van der Waals surface area contributed by atoms with Crippen molar-refractivity contribution in [1.29, 1.82) is 0 Å². The summed E-state index contributed by atoms with van der Waals surface area (Å²) in [5.74, 6) is 1.08. The van der Waals surface area contributed by atoms with E-state index in [1.54, 1.807) is 7.11 Å². The molecule has 1 unspecified atom stereocenters. The van der Waals surface area contributed by atoms with Crippen LogP contribution in [0.1, 0.15) is 32.3 Å². The van der Waals surface area contributed by atoms with Crippen molar-refractivity contribution in [3.63, 3.8) is 0 Å². The molecule has 1 aromatic carbocycles. The van der Waals surface area contributed by atoms with Crippen molar-refractivity contribution >= 4 is 5.91 Å². The highest BCUT2D eigenvalue weighted by Crippen LogP contribution is 2.28. The molecule has 21 heavy (non-hydrogen) atoms.